The molecule has 21 heavy (non-hydrogen) atoms. The molecular weight excluding hydrogens is 271 g/mol. The smallest absolute Gasteiger partial charge is 0.457 e. The average Bonchev–Trinajstić information content (AvgIpc) is 2.41. The Morgan fingerprint density at radius 2 is 1.67 bits per heavy atom. The Kier molecular flexibility index (Phi) is 5.51. The second-order valence-corrected chi connectivity index (χ2v) is 7.71. The van der Waals surface area contributed by atoms with Crippen LogP contribution in [0, 0.1) is 0 Å². The van der Waals surface area contributed by atoms with Crippen LogP contribution in [0.15, 0.2) is 0 Å². The molecule has 1 N–H and O–H groups in total. The Hall–Kier alpha value is -0.585. The molecule has 0 aromatic rings. The Bertz CT molecular complexity index is 357. The average molecular weight is 300 g/mol. The third kappa shape index (κ3) is 5.60. The number of carbonyl (C=O) groups is 1. The second kappa shape index (κ2) is 6.27. The quantitative estimate of drug-likeness (QED) is 0.624. The molecule has 5 nitrogen and oxygen atoms in total. The van der Waals surface area contributed by atoms with Gasteiger partial charge in [-0.1, -0.05) is 0 Å². The summed E-state index contributed by atoms with van der Waals surface area (Å²) in [6, 6.07) is 0. The van der Waals surface area contributed by atoms with Crippen LogP contribution in [0.1, 0.15) is 61.3 Å². The van der Waals surface area contributed by atoms with Crippen LogP contribution in [-0.2, 0) is 18.8 Å². The highest BCUT2D eigenvalue weighted by atomic mass is 16.7. The van der Waals surface area contributed by atoms with Crippen molar-refractivity contribution >= 4 is 13.1 Å². The van der Waals surface area contributed by atoms with Crippen molar-refractivity contribution in [1.29, 1.82) is 0 Å². The molecule has 0 spiro atoms. The van der Waals surface area contributed by atoms with E-state index in [4.69, 9.17) is 14.0 Å². The van der Waals surface area contributed by atoms with E-state index in [0.29, 0.717) is 12.7 Å². The maximum absolute atomic E-state index is 11.6. The predicted octanol–water partition coefficient (Wildman–Crippen LogP) is 2.56. The molecule has 0 bridgehead atoms. The van der Waals surface area contributed by atoms with E-state index in [-0.39, 0.29) is 30.7 Å². The lowest BCUT2D eigenvalue weighted by Crippen LogP contribution is -2.41. The summed E-state index contributed by atoms with van der Waals surface area (Å²) >= 11 is 0. The Morgan fingerprint density at radius 1 is 1.19 bits per heavy atom. The molecule has 1 unspecified atom stereocenters. The molecular formula is C15H29BO5. The Balaban J connectivity index is 2.35. The van der Waals surface area contributed by atoms with E-state index in [1.807, 2.05) is 48.5 Å². The van der Waals surface area contributed by atoms with Gasteiger partial charge in [0.05, 0.1) is 23.7 Å². The zero-order valence-electron chi connectivity index (χ0n) is 14.4. The molecule has 0 aliphatic carbocycles. The molecule has 1 saturated heterocycles. The van der Waals surface area contributed by atoms with Gasteiger partial charge >= 0.3 is 13.1 Å². The summed E-state index contributed by atoms with van der Waals surface area (Å²) in [7, 11) is -0.344. The van der Waals surface area contributed by atoms with E-state index < -0.39 is 11.7 Å². The highest BCUT2D eigenvalue weighted by Gasteiger charge is 2.50. The van der Waals surface area contributed by atoms with E-state index in [0.717, 1.165) is 0 Å². The lowest BCUT2D eigenvalue weighted by atomic mass is 9.81. The summed E-state index contributed by atoms with van der Waals surface area (Å²) < 4.78 is 16.9. The third-order valence-electron chi connectivity index (χ3n) is 3.86. The van der Waals surface area contributed by atoms with E-state index in [2.05, 4.69) is 0 Å². The van der Waals surface area contributed by atoms with Crippen molar-refractivity contribution in [2.45, 2.75) is 90.5 Å². The molecule has 1 heterocycles. The van der Waals surface area contributed by atoms with Crippen LogP contribution in [0.3, 0.4) is 0 Å². The fourth-order valence-electron chi connectivity index (χ4n) is 2.09. The maximum Gasteiger partial charge on any atom is 0.457 e. The third-order valence-corrected chi connectivity index (χ3v) is 3.86. The topological polar surface area (TPSA) is 65.0 Å². The lowest BCUT2D eigenvalue weighted by molar-refractivity contribution is -0.157. The van der Waals surface area contributed by atoms with Gasteiger partial charge in [-0.2, -0.15) is 0 Å². The van der Waals surface area contributed by atoms with Crippen LogP contribution in [0.5, 0.6) is 0 Å². The lowest BCUT2D eigenvalue weighted by Gasteiger charge is -2.32. The highest BCUT2D eigenvalue weighted by Crippen LogP contribution is 2.38. The number of hydrogen-bond donors (Lipinski definition) is 1. The number of aliphatic hydroxyl groups is 1. The summed E-state index contributed by atoms with van der Waals surface area (Å²) in [6.45, 7) is 13.4. The second-order valence-electron chi connectivity index (χ2n) is 7.71. The molecule has 1 fully saturated rings. The molecule has 0 saturated carbocycles. The predicted molar refractivity (Wildman–Crippen MR) is 82.0 cm³/mol. The molecule has 0 aromatic heterocycles. The summed E-state index contributed by atoms with van der Waals surface area (Å²) in [4.78, 5) is 11.6. The first-order valence-electron chi connectivity index (χ1n) is 7.58. The van der Waals surface area contributed by atoms with Gasteiger partial charge in [0.15, 0.2) is 0 Å². The largest absolute Gasteiger partial charge is 0.460 e. The maximum atomic E-state index is 11.6. The summed E-state index contributed by atoms with van der Waals surface area (Å²) in [5.41, 5.74) is -1.26. The van der Waals surface area contributed by atoms with Gasteiger partial charge in [0.2, 0.25) is 0 Å². The standard InChI is InChI=1S/C15H29BO5/c1-13(2,3)19-12(18)10-11(17)8-9-16-20-14(4,5)15(6,7)21-16/h11,17H,8-10H2,1-7H3. The van der Waals surface area contributed by atoms with E-state index in [9.17, 15) is 9.90 Å². The summed E-state index contributed by atoms with van der Waals surface area (Å²) in [5, 5.41) is 9.93. The normalized spacial score (nSPS) is 22.2. The van der Waals surface area contributed by atoms with Crippen LogP contribution in [-0.4, -0.2) is 41.1 Å². The zero-order valence-corrected chi connectivity index (χ0v) is 14.4. The van der Waals surface area contributed by atoms with Gasteiger partial charge < -0.3 is 19.2 Å². The monoisotopic (exact) mass is 300 g/mol. The first kappa shape index (κ1) is 18.5. The van der Waals surface area contributed by atoms with E-state index in [1.54, 1.807) is 0 Å². The van der Waals surface area contributed by atoms with Gasteiger partial charge in [0.25, 0.3) is 0 Å². The van der Waals surface area contributed by atoms with Gasteiger partial charge in [-0.3, -0.25) is 4.79 Å². The molecule has 0 aromatic carbocycles. The number of esters is 1. The van der Waals surface area contributed by atoms with Crippen LogP contribution < -0.4 is 0 Å². The highest BCUT2D eigenvalue weighted by molar-refractivity contribution is 6.45. The van der Waals surface area contributed by atoms with Gasteiger partial charge in [0, 0.05) is 0 Å². The number of carbonyl (C=O) groups excluding carboxylic acids is 1. The first-order valence-corrected chi connectivity index (χ1v) is 7.58. The molecule has 0 radical (unpaired) electrons. The summed E-state index contributed by atoms with van der Waals surface area (Å²) in [5.74, 6) is -0.385. The van der Waals surface area contributed by atoms with Gasteiger partial charge in [-0.25, -0.2) is 0 Å². The molecule has 0 amide bonds. The fourth-order valence-corrected chi connectivity index (χ4v) is 2.09. The SMILES string of the molecule is CC(C)(C)OC(=O)CC(O)CCB1OC(C)(C)C(C)(C)O1. The first-order chi connectivity index (χ1) is 9.32. The zero-order chi connectivity index (χ0) is 16.5. The van der Waals surface area contributed by atoms with Crippen LogP contribution >= 0.6 is 0 Å². The van der Waals surface area contributed by atoms with Gasteiger partial charge in [-0.15, -0.1) is 0 Å². The molecule has 122 valence electrons. The number of hydrogen-bond acceptors (Lipinski definition) is 5. The molecule has 6 heteroatoms. The molecule has 1 aliphatic rings. The van der Waals surface area contributed by atoms with Crippen molar-refractivity contribution in [2.75, 3.05) is 0 Å². The van der Waals surface area contributed by atoms with E-state index in [1.165, 1.54) is 0 Å². The Morgan fingerprint density at radius 3 is 2.10 bits per heavy atom. The summed E-state index contributed by atoms with van der Waals surface area (Å²) in [6.07, 6.45) is 0.253. The Labute approximate surface area is 128 Å². The number of aliphatic hydroxyl groups excluding tert-OH is 1. The van der Waals surface area contributed by atoms with Crippen molar-refractivity contribution in [3.05, 3.63) is 0 Å². The van der Waals surface area contributed by atoms with Crippen LogP contribution in [0.25, 0.3) is 0 Å². The number of rotatable bonds is 5. The molecule has 1 atom stereocenters. The fraction of sp³-hybridized carbons (Fsp3) is 0.933. The molecule has 1 aliphatic heterocycles. The van der Waals surface area contributed by atoms with Crippen molar-refractivity contribution < 1.29 is 23.9 Å². The van der Waals surface area contributed by atoms with E-state index >= 15 is 0 Å². The molecule has 1 rings (SSSR count). The van der Waals surface area contributed by atoms with Crippen LogP contribution in [0.4, 0.5) is 0 Å². The van der Waals surface area contributed by atoms with Gasteiger partial charge in [0.1, 0.15) is 5.60 Å². The number of ether oxygens (including phenoxy) is 1. The van der Waals surface area contributed by atoms with Crippen LogP contribution in [0.2, 0.25) is 6.32 Å². The minimum atomic E-state index is -0.737. The van der Waals surface area contributed by atoms with Crippen molar-refractivity contribution in [3.8, 4) is 0 Å². The van der Waals surface area contributed by atoms with Gasteiger partial charge in [-0.05, 0) is 61.2 Å². The minimum Gasteiger partial charge on any atom is -0.460 e. The van der Waals surface area contributed by atoms with Crippen molar-refractivity contribution in [2.24, 2.45) is 0 Å². The van der Waals surface area contributed by atoms with Crippen molar-refractivity contribution in [3.63, 3.8) is 0 Å². The van der Waals surface area contributed by atoms with Crippen molar-refractivity contribution in [1.82, 2.24) is 0 Å². The minimum absolute atomic E-state index is 0.00320.